The molecule has 3 N–H and O–H groups in total. The number of hydrogen-bond acceptors (Lipinski definition) is 5. The van der Waals surface area contributed by atoms with Crippen molar-refractivity contribution in [2.45, 2.75) is 32.1 Å². The molecule has 0 unspecified atom stereocenters. The summed E-state index contributed by atoms with van der Waals surface area (Å²) in [5.74, 6) is -0.352. The van der Waals surface area contributed by atoms with Gasteiger partial charge in [0.25, 0.3) is 0 Å². The molecule has 0 bridgehead atoms. The van der Waals surface area contributed by atoms with E-state index in [1.807, 2.05) is 6.07 Å². The van der Waals surface area contributed by atoms with Gasteiger partial charge in [0.1, 0.15) is 5.76 Å². The van der Waals surface area contributed by atoms with Gasteiger partial charge in [-0.2, -0.15) is 0 Å². The molecule has 0 fully saturated rings. The monoisotopic (exact) mass is 380 g/mol. The van der Waals surface area contributed by atoms with Gasteiger partial charge in [-0.25, -0.2) is 9.78 Å². The van der Waals surface area contributed by atoms with Crippen LogP contribution in [0.25, 0.3) is 0 Å². The molecule has 0 saturated carbocycles. The van der Waals surface area contributed by atoms with Gasteiger partial charge in [-0.15, -0.1) is 0 Å². The van der Waals surface area contributed by atoms with Crippen LogP contribution in [0.1, 0.15) is 33.1 Å². The first kappa shape index (κ1) is 18.0. The third-order valence-electron chi connectivity index (χ3n) is 4.90. The summed E-state index contributed by atoms with van der Waals surface area (Å²) in [5.41, 5.74) is 3.08. The van der Waals surface area contributed by atoms with E-state index in [2.05, 4.69) is 20.2 Å². The standard InChI is InChI=1S/C20H20N4O4/c25-19(21-9-15-2-1-7-28-15)18-8-16-17(23-12-22-16)11-24(18)10-13-3-5-14(6-4-13)20(26)27/h1-7,12,18H,8-11H2,(H,21,25)(H,22,23)(H,26,27)/t18-/m0/s1. The van der Waals surface area contributed by atoms with Crippen molar-refractivity contribution in [1.82, 2.24) is 20.2 Å². The number of amides is 1. The van der Waals surface area contributed by atoms with Gasteiger partial charge in [0.15, 0.2) is 0 Å². The number of nitrogens with zero attached hydrogens (tertiary/aromatic N) is 2. The highest BCUT2D eigenvalue weighted by Crippen LogP contribution is 2.23. The van der Waals surface area contributed by atoms with E-state index in [1.54, 1.807) is 42.9 Å². The van der Waals surface area contributed by atoms with Crippen molar-refractivity contribution in [1.29, 1.82) is 0 Å². The maximum Gasteiger partial charge on any atom is 0.335 e. The number of rotatable bonds is 6. The number of furan rings is 1. The second kappa shape index (κ2) is 7.69. The summed E-state index contributed by atoms with van der Waals surface area (Å²) in [6.45, 7) is 1.42. The molecule has 2 aromatic heterocycles. The lowest BCUT2D eigenvalue weighted by Crippen LogP contribution is -2.49. The molecular weight excluding hydrogens is 360 g/mol. The molecule has 144 valence electrons. The normalized spacial score (nSPS) is 16.5. The quantitative estimate of drug-likeness (QED) is 0.603. The Balaban J connectivity index is 1.50. The van der Waals surface area contributed by atoms with Gasteiger partial charge in [-0.05, 0) is 29.8 Å². The molecule has 4 rings (SSSR count). The second-order valence-corrected chi connectivity index (χ2v) is 6.75. The molecule has 3 aromatic rings. The topological polar surface area (TPSA) is 111 Å². The number of carboxylic acid groups (broad SMARTS) is 1. The zero-order chi connectivity index (χ0) is 19.5. The van der Waals surface area contributed by atoms with Crippen molar-refractivity contribution in [3.05, 3.63) is 77.3 Å². The smallest absolute Gasteiger partial charge is 0.335 e. The molecule has 0 radical (unpaired) electrons. The van der Waals surface area contributed by atoms with E-state index in [4.69, 9.17) is 9.52 Å². The molecule has 1 aromatic carbocycles. The lowest BCUT2D eigenvalue weighted by Gasteiger charge is -2.34. The predicted octanol–water partition coefficient (Wildman–Crippen LogP) is 1.94. The molecule has 1 atom stereocenters. The SMILES string of the molecule is O=C(O)c1ccc(CN2Cc3[nH]cnc3C[C@H]2C(=O)NCc2ccco2)cc1. The maximum absolute atomic E-state index is 12.9. The molecule has 3 heterocycles. The average Bonchev–Trinajstić information content (AvgIpc) is 3.37. The van der Waals surface area contributed by atoms with E-state index < -0.39 is 5.97 Å². The summed E-state index contributed by atoms with van der Waals surface area (Å²) in [7, 11) is 0. The largest absolute Gasteiger partial charge is 0.478 e. The minimum Gasteiger partial charge on any atom is -0.478 e. The highest BCUT2D eigenvalue weighted by atomic mass is 16.4. The highest BCUT2D eigenvalue weighted by Gasteiger charge is 2.33. The van der Waals surface area contributed by atoms with Crippen LogP contribution < -0.4 is 5.32 Å². The van der Waals surface area contributed by atoms with Crippen LogP contribution in [0.15, 0.2) is 53.4 Å². The minimum atomic E-state index is -0.957. The molecule has 8 heteroatoms. The third-order valence-corrected chi connectivity index (χ3v) is 4.90. The first-order valence-electron chi connectivity index (χ1n) is 8.97. The van der Waals surface area contributed by atoms with Gasteiger partial charge in [0.2, 0.25) is 5.91 Å². The molecule has 0 saturated heterocycles. The van der Waals surface area contributed by atoms with Crippen molar-refractivity contribution < 1.29 is 19.1 Å². The summed E-state index contributed by atoms with van der Waals surface area (Å²) >= 11 is 0. The van der Waals surface area contributed by atoms with Crippen LogP contribution in [-0.4, -0.2) is 37.9 Å². The fourth-order valence-electron chi connectivity index (χ4n) is 3.40. The van der Waals surface area contributed by atoms with Crippen LogP contribution in [0, 0.1) is 0 Å². The van der Waals surface area contributed by atoms with Gasteiger partial charge in [-0.1, -0.05) is 12.1 Å². The number of imidazole rings is 1. The summed E-state index contributed by atoms with van der Waals surface area (Å²) in [6.07, 6.45) is 3.73. The number of carbonyl (C=O) groups excluding carboxylic acids is 1. The number of fused-ring (bicyclic) bond motifs is 1. The first-order valence-corrected chi connectivity index (χ1v) is 8.97. The lowest BCUT2D eigenvalue weighted by atomic mass is 10.0. The Morgan fingerprint density at radius 1 is 1.29 bits per heavy atom. The van der Waals surface area contributed by atoms with Gasteiger partial charge in [0, 0.05) is 19.5 Å². The molecule has 1 aliphatic heterocycles. The van der Waals surface area contributed by atoms with Crippen molar-refractivity contribution in [2.24, 2.45) is 0 Å². The number of carbonyl (C=O) groups is 2. The zero-order valence-corrected chi connectivity index (χ0v) is 15.1. The Kier molecular flexibility index (Phi) is 4.94. The van der Waals surface area contributed by atoms with Crippen molar-refractivity contribution in [2.75, 3.05) is 0 Å². The van der Waals surface area contributed by atoms with Gasteiger partial charge >= 0.3 is 5.97 Å². The van der Waals surface area contributed by atoms with E-state index >= 15 is 0 Å². The van der Waals surface area contributed by atoms with Gasteiger partial charge in [0.05, 0.1) is 42.1 Å². The van der Waals surface area contributed by atoms with E-state index in [0.29, 0.717) is 31.8 Å². The zero-order valence-electron chi connectivity index (χ0n) is 15.1. The van der Waals surface area contributed by atoms with Crippen LogP contribution in [0.3, 0.4) is 0 Å². The number of benzene rings is 1. The Labute approximate surface area is 161 Å². The van der Waals surface area contributed by atoms with Crippen LogP contribution in [-0.2, 0) is 30.8 Å². The fourth-order valence-corrected chi connectivity index (χ4v) is 3.40. The molecule has 1 aliphatic rings. The first-order chi connectivity index (χ1) is 13.6. The van der Waals surface area contributed by atoms with E-state index in [-0.39, 0.29) is 17.5 Å². The van der Waals surface area contributed by atoms with Gasteiger partial charge < -0.3 is 19.8 Å². The molecule has 1 amide bonds. The van der Waals surface area contributed by atoms with E-state index in [1.165, 1.54) is 0 Å². The van der Waals surface area contributed by atoms with Crippen molar-refractivity contribution in [3.8, 4) is 0 Å². The van der Waals surface area contributed by atoms with Crippen molar-refractivity contribution in [3.63, 3.8) is 0 Å². The molecule has 28 heavy (non-hydrogen) atoms. The molecule has 0 spiro atoms. The second-order valence-electron chi connectivity index (χ2n) is 6.75. The number of hydrogen-bond donors (Lipinski definition) is 3. The number of aromatic nitrogens is 2. The van der Waals surface area contributed by atoms with Crippen LogP contribution in [0.4, 0.5) is 0 Å². The summed E-state index contributed by atoms with van der Waals surface area (Å²) < 4.78 is 5.27. The minimum absolute atomic E-state index is 0.0905. The molecule has 8 nitrogen and oxygen atoms in total. The third kappa shape index (κ3) is 3.81. The number of aromatic amines is 1. The fraction of sp³-hybridized carbons (Fsp3) is 0.250. The summed E-state index contributed by atoms with van der Waals surface area (Å²) in [6, 6.07) is 9.95. The Hall–Kier alpha value is -3.39. The number of H-pyrrole nitrogens is 1. The predicted molar refractivity (Wildman–Crippen MR) is 99.3 cm³/mol. The van der Waals surface area contributed by atoms with Crippen LogP contribution in [0.2, 0.25) is 0 Å². The van der Waals surface area contributed by atoms with Gasteiger partial charge in [-0.3, -0.25) is 9.69 Å². The summed E-state index contributed by atoms with van der Waals surface area (Å²) in [5, 5.41) is 12.0. The lowest BCUT2D eigenvalue weighted by molar-refractivity contribution is -0.127. The van der Waals surface area contributed by atoms with Crippen LogP contribution >= 0.6 is 0 Å². The Bertz CT molecular complexity index is 963. The Morgan fingerprint density at radius 3 is 2.82 bits per heavy atom. The Morgan fingerprint density at radius 2 is 2.11 bits per heavy atom. The maximum atomic E-state index is 12.9. The number of aromatic carboxylic acids is 1. The number of nitrogens with one attached hydrogen (secondary N) is 2. The van der Waals surface area contributed by atoms with E-state index in [0.717, 1.165) is 17.0 Å². The van der Waals surface area contributed by atoms with Crippen LogP contribution in [0.5, 0.6) is 0 Å². The number of carboxylic acids is 1. The molecular formula is C20H20N4O4. The van der Waals surface area contributed by atoms with E-state index in [9.17, 15) is 9.59 Å². The summed E-state index contributed by atoms with van der Waals surface area (Å²) in [4.78, 5) is 33.4. The van der Waals surface area contributed by atoms with Crippen molar-refractivity contribution >= 4 is 11.9 Å². The highest BCUT2D eigenvalue weighted by molar-refractivity contribution is 5.87. The average molecular weight is 380 g/mol. The molecule has 0 aliphatic carbocycles.